The zero-order valence-electron chi connectivity index (χ0n) is 15.2. The highest BCUT2D eigenvalue weighted by atomic mass is 14.9. The molecule has 3 rings (SSSR count). The van der Waals surface area contributed by atoms with Crippen LogP contribution in [0.5, 0.6) is 0 Å². The van der Waals surface area contributed by atoms with Crippen LogP contribution < -0.4 is 0 Å². The summed E-state index contributed by atoms with van der Waals surface area (Å²) in [6.07, 6.45) is 13.7. The maximum atomic E-state index is 4.64. The van der Waals surface area contributed by atoms with Gasteiger partial charge in [0.25, 0.3) is 0 Å². The van der Waals surface area contributed by atoms with Crippen molar-refractivity contribution in [2.75, 3.05) is 0 Å². The van der Waals surface area contributed by atoms with Gasteiger partial charge >= 0.3 is 0 Å². The molecular weight excluding hydrogens is 292 g/mol. The third-order valence-corrected chi connectivity index (χ3v) is 5.35. The third kappa shape index (κ3) is 4.23. The summed E-state index contributed by atoms with van der Waals surface area (Å²) in [7, 11) is 0. The largest absolute Gasteiger partial charge is 0.241 e. The molecule has 2 nitrogen and oxygen atoms in total. The lowest BCUT2D eigenvalue weighted by Crippen LogP contribution is -2.14. The molecule has 0 bridgehead atoms. The van der Waals surface area contributed by atoms with Crippen LogP contribution in [0.25, 0.3) is 0 Å². The summed E-state index contributed by atoms with van der Waals surface area (Å²) in [6, 6.07) is 9.35. The molecule has 2 heteroatoms. The van der Waals surface area contributed by atoms with Crippen LogP contribution in [0.1, 0.15) is 86.7 Å². The molecule has 0 saturated heterocycles. The minimum atomic E-state index is 0.552. The van der Waals surface area contributed by atoms with Crippen LogP contribution in [0, 0.1) is 0 Å². The first-order valence-electron chi connectivity index (χ1n) is 9.69. The Bertz CT molecular complexity index is 550. The van der Waals surface area contributed by atoms with Crippen molar-refractivity contribution in [1.29, 1.82) is 0 Å². The zero-order valence-corrected chi connectivity index (χ0v) is 15.2. The lowest BCUT2D eigenvalue weighted by atomic mass is 9.78. The summed E-state index contributed by atoms with van der Waals surface area (Å²) in [5.74, 6) is 2.33. The van der Waals surface area contributed by atoms with Crippen molar-refractivity contribution in [2.45, 2.75) is 77.0 Å². The Hall–Kier alpha value is -1.70. The molecule has 128 valence electrons. The van der Waals surface area contributed by atoms with E-state index in [9.17, 15) is 0 Å². The first-order valence-corrected chi connectivity index (χ1v) is 9.69. The number of nitrogens with zero attached hydrogens (tertiary/aromatic N) is 2. The van der Waals surface area contributed by atoms with E-state index in [1.807, 2.05) is 12.4 Å². The fourth-order valence-electron chi connectivity index (χ4n) is 3.92. The normalized spacial score (nSPS) is 20.9. The summed E-state index contributed by atoms with van der Waals surface area (Å²) in [5.41, 5.74) is 4.25. The molecule has 0 N–H and O–H groups in total. The van der Waals surface area contributed by atoms with Crippen molar-refractivity contribution in [2.24, 2.45) is 0 Å². The van der Waals surface area contributed by atoms with Gasteiger partial charge in [-0.2, -0.15) is 0 Å². The third-order valence-electron chi connectivity index (χ3n) is 5.35. The number of hydrogen-bond donors (Lipinski definition) is 0. The van der Waals surface area contributed by atoms with Gasteiger partial charge in [-0.25, -0.2) is 9.97 Å². The molecule has 1 aromatic carbocycles. The predicted molar refractivity (Wildman–Crippen MR) is 100 cm³/mol. The smallest absolute Gasteiger partial charge is 0.131 e. The summed E-state index contributed by atoms with van der Waals surface area (Å²) >= 11 is 0. The monoisotopic (exact) mass is 322 g/mol. The second-order valence-corrected chi connectivity index (χ2v) is 7.24. The molecule has 0 spiro atoms. The number of aromatic nitrogens is 2. The van der Waals surface area contributed by atoms with Crippen LogP contribution in [0.4, 0.5) is 0 Å². The zero-order chi connectivity index (χ0) is 16.8. The van der Waals surface area contributed by atoms with Crippen LogP contribution >= 0.6 is 0 Å². The Balaban J connectivity index is 1.56. The fraction of sp³-hybridized carbons (Fsp3) is 0.545. The Kier molecular flexibility index (Phi) is 6.01. The highest BCUT2D eigenvalue weighted by Crippen LogP contribution is 2.39. The molecule has 1 saturated carbocycles. The van der Waals surface area contributed by atoms with Gasteiger partial charge in [-0.1, -0.05) is 51.0 Å². The molecule has 0 unspecified atom stereocenters. The number of rotatable bonds is 6. The van der Waals surface area contributed by atoms with Gasteiger partial charge in [-0.15, -0.1) is 0 Å². The molecule has 1 aliphatic carbocycles. The van der Waals surface area contributed by atoms with Crippen LogP contribution in [0.15, 0.2) is 36.7 Å². The van der Waals surface area contributed by atoms with E-state index in [0.717, 1.165) is 24.6 Å². The van der Waals surface area contributed by atoms with Crippen molar-refractivity contribution >= 4 is 0 Å². The van der Waals surface area contributed by atoms with Crippen LogP contribution in [-0.2, 0) is 12.8 Å². The van der Waals surface area contributed by atoms with E-state index in [1.54, 1.807) is 0 Å². The van der Waals surface area contributed by atoms with Gasteiger partial charge in [0, 0.05) is 18.3 Å². The quantitative estimate of drug-likeness (QED) is 0.669. The van der Waals surface area contributed by atoms with E-state index in [2.05, 4.69) is 48.1 Å². The Morgan fingerprint density at radius 2 is 1.29 bits per heavy atom. The molecule has 0 aliphatic heterocycles. The minimum absolute atomic E-state index is 0.552. The molecule has 1 fully saturated rings. The van der Waals surface area contributed by atoms with Gasteiger partial charge < -0.3 is 0 Å². The topological polar surface area (TPSA) is 25.8 Å². The molecule has 1 heterocycles. The SMILES string of the molecule is CCCc1ccc(C2CCC(c3ncc(CCC)cn3)CC2)cc1. The Morgan fingerprint density at radius 3 is 1.88 bits per heavy atom. The average molecular weight is 322 g/mol. The van der Waals surface area contributed by atoms with Crippen molar-refractivity contribution < 1.29 is 0 Å². The van der Waals surface area contributed by atoms with Gasteiger partial charge in [0.1, 0.15) is 5.82 Å². The van der Waals surface area contributed by atoms with Crippen molar-refractivity contribution in [3.05, 3.63) is 59.2 Å². The lowest BCUT2D eigenvalue weighted by Gasteiger charge is -2.28. The van der Waals surface area contributed by atoms with E-state index in [-0.39, 0.29) is 0 Å². The highest BCUT2D eigenvalue weighted by Gasteiger charge is 2.25. The Labute approximate surface area is 146 Å². The molecule has 0 atom stereocenters. The van der Waals surface area contributed by atoms with Crippen LogP contribution in [-0.4, -0.2) is 9.97 Å². The van der Waals surface area contributed by atoms with Crippen LogP contribution in [0.3, 0.4) is 0 Å². The van der Waals surface area contributed by atoms with Gasteiger partial charge in [0.2, 0.25) is 0 Å². The first kappa shape index (κ1) is 17.1. The van der Waals surface area contributed by atoms with E-state index in [4.69, 9.17) is 0 Å². The maximum Gasteiger partial charge on any atom is 0.131 e. The molecule has 1 aliphatic rings. The summed E-state index contributed by atoms with van der Waals surface area (Å²) in [6.45, 7) is 4.44. The molecule has 1 aromatic heterocycles. The summed E-state index contributed by atoms with van der Waals surface area (Å²) in [4.78, 5) is 9.28. The standard InChI is InChI=1S/C22H30N2/c1-3-5-17-7-9-19(10-8-17)20-11-13-21(14-12-20)22-23-15-18(6-4-2)16-24-22/h7-10,15-16,20-21H,3-6,11-14H2,1-2H3. The molecule has 0 amide bonds. The van der Waals surface area contributed by atoms with Crippen molar-refractivity contribution in [1.82, 2.24) is 9.97 Å². The highest BCUT2D eigenvalue weighted by molar-refractivity contribution is 5.26. The predicted octanol–water partition coefficient (Wildman–Crippen LogP) is 5.82. The summed E-state index contributed by atoms with van der Waals surface area (Å²) < 4.78 is 0. The second kappa shape index (κ2) is 8.41. The maximum absolute atomic E-state index is 4.64. The average Bonchev–Trinajstić information content (AvgIpc) is 2.64. The fourth-order valence-corrected chi connectivity index (χ4v) is 3.92. The van der Waals surface area contributed by atoms with E-state index in [1.165, 1.54) is 55.2 Å². The van der Waals surface area contributed by atoms with Gasteiger partial charge in [0.15, 0.2) is 0 Å². The molecular formula is C22H30N2. The molecule has 2 aromatic rings. The van der Waals surface area contributed by atoms with E-state index < -0.39 is 0 Å². The van der Waals surface area contributed by atoms with Gasteiger partial charge in [-0.3, -0.25) is 0 Å². The summed E-state index contributed by atoms with van der Waals surface area (Å²) in [5, 5.41) is 0. The van der Waals surface area contributed by atoms with E-state index >= 15 is 0 Å². The molecule has 24 heavy (non-hydrogen) atoms. The van der Waals surface area contributed by atoms with Gasteiger partial charge in [-0.05, 0) is 61.1 Å². The number of benzene rings is 1. The first-order chi connectivity index (χ1) is 11.8. The Morgan fingerprint density at radius 1 is 0.750 bits per heavy atom. The number of hydrogen-bond acceptors (Lipinski definition) is 2. The van der Waals surface area contributed by atoms with Crippen LogP contribution in [0.2, 0.25) is 0 Å². The van der Waals surface area contributed by atoms with Crippen molar-refractivity contribution in [3.8, 4) is 0 Å². The van der Waals surface area contributed by atoms with E-state index in [0.29, 0.717) is 5.92 Å². The van der Waals surface area contributed by atoms with Crippen molar-refractivity contribution in [3.63, 3.8) is 0 Å². The minimum Gasteiger partial charge on any atom is -0.241 e. The second-order valence-electron chi connectivity index (χ2n) is 7.24. The lowest BCUT2D eigenvalue weighted by molar-refractivity contribution is 0.385. The van der Waals surface area contributed by atoms with Gasteiger partial charge in [0.05, 0.1) is 0 Å². The number of aryl methyl sites for hydroxylation is 2. The molecule has 0 radical (unpaired) electrons.